The van der Waals surface area contributed by atoms with E-state index in [4.69, 9.17) is 9.47 Å². The van der Waals surface area contributed by atoms with Crippen LogP contribution in [0.25, 0.3) is 0 Å². The lowest BCUT2D eigenvalue weighted by molar-refractivity contribution is -0.123. The van der Waals surface area contributed by atoms with Crippen molar-refractivity contribution in [3.8, 4) is 0 Å². The summed E-state index contributed by atoms with van der Waals surface area (Å²) in [6.07, 6.45) is 7.75. The lowest BCUT2D eigenvalue weighted by Crippen LogP contribution is -2.47. The maximum atomic E-state index is 14.3. The van der Waals surface area contributed by atoms with Crippen LogP contribution in [0.5, 0.6) is 0 Å². The smallest absolute Gasteiger partial charge is 0.160 e. The molecule has 2 fully saturated rings. The number of hydrogen-bond acceptors (Lipinski definition) is 2. The molecule has 0 radical (unpaired) electrons. The minimum absolute atomic E-state index is 0.496. The van der Waals surface area contributed by atoms with E-state index in [1.165, 1.54) is 12.8 Å². The molecule has 0 aliphatic heterocycles. The van der Waals surface area contributed by atoms with Gasteiger partial charge in [-0.15, -0.1) is 0 Å². The van der Waals surface area contributed by atoms with Gasteiger partial charge in [0.05, 0.1) is 12.2 Å². The lowest BCUT2D eigenvalue weighted by Gasteiger charge is -2.36. The maximum Gasteiger partial charge on any atom is 0.160 e. The zero-order chi connectivity index (χ0) is 17.4. The van der Waals surface area contributed by atoms with Crippen LogP contribution in [-0.4, -0.2) is 37.8 Å². The van der Waals surface area contributed by atoms with Gasteiger partial charge in [0, 0.05) is 13.2 Å². The van der Waals surface area contributed by atoms with Gasteiger partial charge in [0.25, 0.3) is 0 Å². The predicted molar refractivity (Wildman–Crippen MR) is 93.7 cm³/mol. The fraction of sp³-hybridized carbons (Fsp3) is 0.900. The first-order chi connectivity index (χ1) is 11.7. The summed E-state index contributed by atoms with van der Waals surface area (Å²) in [5.74, 6) is 1.18. The molecule has 4 unspecified atom stereocenters. The van der Waals surface area contributed by atoms with Gasteiger partial charge in [0.1, 0.15) is 0 Å². The van der Waals surface area contributed by atoms with E-state index in [1.807, 2.05) is 0 Å². The molecule has 2 nitrogen and oxygen atoms in total. The molecule has 2 saturated carbocycles. The fourth-order valence-electron chi connectivity index (χ4n) is 3.87. The molecule has 0 heterocycles. The van der Waals surface area contributed by atoms with Crippen molar-refractivity contribution in [1.82, 2.24) is 0 Å². The Kier molecular flexibility index (Phi) is 8.68. The number of hydrogen-bond donors (Lipinski definition) is 0. The zero-order valence-corrected chi connectivity index (χ0v) is 15.3. The molecule has 0 aromatic rings. The Hall–Kier alpha value is -0.480. The molecule has 2 aliphatic rings. The minimum Gasteiger partial charge on any atom is -0.375 e. The highest BCUT2D eigenvalue weighted by atomic mass is 19.2. The summed E-state index contributed by atoms with van der Waals surface area (Å²) in [5.41, 5.74) is 0. The first kappa shape index (κ1) is 19.8. The van der Waals surface area contributed by atoms with Crippen molar-refractivity contribution in [2.75, 3.05) is 13.2 Å². The molecule has 2 aliphatic carbocycles. The van der Waals surface area contributed by atoms with E-state index in [0.29, 0.717) is 37.9 Å². The van der Waals surface area contributed by atoms with Crippen LogP contribution in [0.1, 0.15) is 65.2 Å². The van der Waals surface area contributed by atoms with Crippen molar-refractivity contribution in [3.05, 3.63) is 12.2 Å². The molecule has 24 heavy (non-hydrogen) atoms. The third-order valence-corrected chi connectivity index (χ3v) is 5.48. The third kappa shape index (κ3) is 5.80. The number of rotatable bonds is 8. The Labute approximate surface area is 146 Å². The van der Waals surface area contributed by atoms with Crippen molar-refractivity contribution in [1.29, 1.82) is 0 Å². The average molecular weight is 344 g/mol. The Morgan fingerprint density at radius 1 is 0.917 bits per heavy atom. The van der Waals surface area contributed by atoms with E-state index in [1.54, 1.807) is 0 Å². The summed E-state index contributed by atoms with van der Waals surface area (Å²) < 4.78 is 39.9. The van der Waals surface area contributed by atoms with E-state index < -0.39 is 24.6 Å². The van der Waals surface area contributed by atoms with E-state index in [2.05, 4.69) is 26.0 Å². The summed E-state index contributed by atoms with van der Waals surface area (Å²) in [7, 11) is 0. The first-order valence-corrected chi connectivity index (χ1v) is 9.79. The minimum atomic E-state index is -1.55. The van der Waals surface area contributed by atoms with Gasteiger partial charge >= 0.3 is 0 Å². The van der Waals surface area contributed by atoms with Gasteiger partial charge in [-0.3, -0.25) is 0 Å². The lowest BCUT2D eigenvalue weighted by atomic mass is 9.82. The van der Waals surface area contributed by atoms with Gasteiger partial charge in [-0.2, -0.15) is 0 Å². The van der Waals surface area contributed by atoms with Gasteiger partial charge in [-0.25, -0.2) is 8.78 Å². The van der Waals surface area contributed by atoms with E-state index in [0.717, 1.165) is 25.7 Å². The third-order valence-electron chi connectivity index (χ3n) is 5.48. The molecule has 0 aromatic carbocycles. The topological polar surface area (TPSA) is 18.5 Å². The van der Waals surface area contributed by atoms with Crippen LogP contribution >= 0.6 is 0 Å². The fourth-order valence-corrected chi connectivity index (χ4v) is 3.87. The highest BCUT2D eigenvalue weighted by Crippen LogP contribution is 2.33. The predicted octanol–water partition coefficient (Wildman–Crippen LogP) is 5.41. The second-order valence-electron chi connectivity index (χ2n) is 7.41. The average Bonchev–Trinajstić information content (AvgIpc) is 2.60. The first-order valence-electron chi connectivity index (χ1n) is 9.79. The summed E-state index contributed by atoms with van der Waals surface area (Å²) in [6, 6.07) is 0. The number of ether oxygens (including phenoxy) is 2. The van der Waals surface area contributed by atoms with Crippen molar-refractivity contribution >= 4 is 0 Å². The SMILES string of the molecule is C/C=C/C1CCC(COC2CCC(OCCCC)C(F)C2F)CC1. The van der Waals surface area contributed by atoms with E-state index >= 15 is 0 Å². The standard InChI is InChI=1S/C20H34F2O2/c1-3-5-13-23-17-11-12-18(20(22)19(17)21)24-14-16-9-7-15(6-4-2)8-10-16/h4,6,15-20H,3,5,7-14H2,1-2H3/b6-4+. The number of halogens is 2. The van der Waals surface area contributed by atoms with Crippen LogP contribution in [0.2, 0.25) is 0 Å². The summed E-state index contributed by atoms with van der Waals surface area (Å²) in [4.78, 5) is 0. The number of alkyl halides is 2. The van der Waals surface area contributed by atoms with E-state index in [-0.39, 0.29) is 0 Å². The van der Waals surface area contributed by atoms with Gasteiger partial charge < -0.3 is 9.47 Å². The molecule has 0 saturated heterocycles. The van der Waals surface area contributed by atoms with Crippen molar-refractivity contribution in [3.63, 3.8) is 0 Å². The van der Waals surface area contributed by atoms with Gasteiger partial charge in [-0.05, 0) is 63.7 Å². The van der Waals surface area contributed by atoms with Gasteiger partial charge in [0.2, 0.25) is 0 Å². The van der Waals surface area contributed by atoms with Crippen LogP contribution < -0.4 is 0 Å². The Balaban J connectivity index is 1.69. The maximum absolute atomic E-state index is 14.3. The van der Waals surface area contributed by atoms with Crippen LogP contribution in [0.3, 0.4) is 0 Å². The van der Waals surface area contributed by atoms with Crippen LogP contribution in [0.15, 0.2) is 12.2 Å². The van der Waals surface area contributed by atoms with Crippen molar-refractivity contribution in [2.45, 2.75) is 89.8 Å². The quantitative estimate of drug-likeness (QED) is 0.433. The Bertz CT molecular complexity index is 367. The molecule has 4 atom stereocenters. The van der Waals surface area contributed by atoms with Crippen LogP contribution in [-0.2, 0) is 9.47 Å². The normalized spacial score (nSPS) is 37.8. The molecule has 0 bridgehead atoms. The summed E-state index contributed by atoms with van der Waals surface area (Å²) in [5, 5.41) is 0. The second-order valence-corrected chi connectivity index (χ2v) is 7.41. The van der Waals surface area contributed by atoms with Crippen LogP contribution in [0.4, 0.5) is 8.78 Å². The molecule has 2 rings (SSSR count). The molecule has 0 aromatic heterocycles. The summed E-state index contributed by atoms with van der Waals surface area (Å²) in [6.45, 7) is 5.22. The van der Waals surface area contributed by atoms with Crippen LogP contribution in [0, 0.1) is 11.8 Å². The molecule has 140 valence electrons. The zero-order valence-electron chi connectivity index (χ0n) is 15.3. The Morgan fingerprint density at radius 2 is 1.54 bits per heavy atom. The molecule has 0 N–H and O–H groups in total. The van der Waals surface area contributed by atoms with Crippen molar-refractivity contribution in [2.24, 2.45) is 11.8 Å². The highest BCUT2D eigenvalue weighted by Gasteiger charge is 2.41. The number of unbranched alkanes of at least 4 members (excludes halogenated alkanes) is 1. The van der Waals surface area contributed by atoms with Gasteiger partial charge in [0.15, 0.2) is 12.3 Å². The molecular weight excluding hydrogens is 310 g/mol. The highest BCUT2D eigenvalue weighted by molar-refractivity contribution is 4.91. The molecule has 0 spiro atoms. The largest absolute Gasteiger partial charge is 0.375 e. The molecular formula is C20H34F2O2. The molecule has 0 amide bonds. The Morgan fingerprint density at radius 3 is 2.12 bits per heavy atom. The van der Waals surface area contributed by atoms with Gasteiger partial charge in [-0.1, -0.05) is 25.5 Å². The van der Waals surface area contributed by atoms with E-state index in [9.17, 15) is 8.78 Å². The summed E-state index contributed by atoms with van der Waals surface area (Å²) >= 11 is 0. The second kappa shape index (κ2) is 10.5. The molecule has 4 heteroatoms. The monoisotopic (exact) mass is 344 g/mol. The van der Waals surface area contributed by atoms with Crippen molar-refractivity contribution < 1.29 is 18.3 Å². The number of allylic oxidation sites excluding steroid dienone is 2.